The number of rotatable bonds is 4. The van der Waals surface area contributed by atoms with Crippen molar-refractivity contribution in [2.45, 2.75) is 45.4 Å². The monoisotopic (exact) mass is 285 g/mol. The highest BCUT2D eigenvalue weighted by Gasteiger charge is 2.21. The van der Waals surface area contributed by atoms with Gasteiger partial charge in [0.1, 0.15) is 5.58 Å². The maximum atomic E-state index is 12.3. The molecule has 21 heavy (non-hydrogen) atoms. The lowest BCUT2D eigenvalue weighted by molar-refractivity contribution is 0.535. The molecule has 3 nitrogen and oxygen atoms in total. The molecule has 0 unspecified atom stereocenters. The highest BCUT2D eigenvalue weighted by Crippen LogP contribution is 2.33. The second-order valence-corrected chi connectivity index (χ2v) is 5.86. The second-order valence-electron chi connectivity index (χ2n) is 5.86. The van der Waals surface area contributed by atoms with Gasteiger partial charge in [-0.1, -0.05) is 12.8 Å². The van der Waals surface area contributed by atoms with Gasteiger partial charge in [0.05, 0.1) is 0 Å². The van der Waals surface area contributed by atoms with Crippen LogP contribution in [0.1, 0.15) is 51.0 Å². The van der Waals surface area contributed by atoms with Crippen LogP contribution in [0.4, 0.5) is 5.69 Å². The summed E-state index contributed by atoms with van der Waals surface area (Å²) in [4.78, 5) is 14.5. The minimum atomic E-state index is -0.147. The Kier molecular flexibility index (Phi) is 4.00. The van der Waals surface area contributed by atoms with Crippen molar-refractivity contribution < 1.29 is 4.42 Å². The summed E-state index contributed by atoms with van der Waals surface area (Å²) in [6.07, 6.45) is 4.69. The van der Waals surface area contributed by atoms with Gasteiger partial charge in [0, 0.05) is 35.8 Å². The molecule has 2 aromatic rings. The molecule has 0 saturated heterocycles. The number of anilines is 1. The third-order valence-electron chi connectivity index (χ3n) is 4.67. The van der Waals surface area contributed by atoms with Gasteiger partial charge in [-0.15, -0.1) is 0 Å². The molecule has 3 rings (SSSR count). The highest BCUT2D eigenvalue weighted by atomic mass is 16.4. The zero-order chi connectivity index (χ0) is 14.8. The van der Waals surface area contributed by atoms with Crippen molar-refractivity contribution in [1.29, 1.82) is 0 Å². The molecule has 0 amide bonds. The van der Waals surface area contributed by atoms with Crippen LogP contribution in [0.25, 0.3) is 11.0 Å². The van der Waals surface area contributed by atoms with Gasteiger partial charge in [-0.3, -0.25) is 0 Å². The molecule has 0 spiro atoms. The van der Waals surface area contributed by atoms with Crippen molar-refractivity contribution in [3.05, 3.63) is 40.2 Å². The minimum absolute atomic E-state index is 0.147. The zero-order valence-corrected chi connectivity index (χ0v) is 12.9. The predicted molar refractivity (Wildman–Crippen MR) is 87.3 cm³/mol. The molecule has 3 heteroatoms. The van der Waals surface area contributed by atoms with Crippen LogP contribution in [0.15, 0.2) is 33.5 Å². The van der Waals surface area contributed by atoms with Crippen LogP contribution >= 0.6 is 0 Å². The summed E-state index contributed by atoms with van der Waals surface area (Å²) in [5.74, 6) is 0.396. The maximum Gasteiger partial charge on any atom is 0.339 e. The first kappa shape index (κ1) is 14.2. The molecule has 1 aliphatic rings. The van der Waals surface area contributed by atoms with Gasteiger partial charge < -0.3 is 9.32 Å². The van der Waals surface area contributed by atoms with Crippen molar-refractivity contribution in [1.82, 2.24) is 0 Å². The average molecular weight is 285 g/mol. The van der Waals surface area contributed by atoms with Gasteiger partial charge in [-0.25, -0.2) is 4.79 Å². The molecule has 1 aromatic carbocycles. The SMILES string of the molecule is CCN(CC)c1ccc2cc(C3CCCC3)c(=O)oc2c1. The van der Waals surface area contributed by atoms with Crippen LogP contribution in [0.5, 0.6) is 0 Å². The first-order valence-electron chi connectivity index (χ1n) is 8.05. The summed E-state index contributed by atoms with van der Waals surface area (Å²) in [5.41, 5.74) is 2.54. The van der Waals surface area contributed by atoms with Crippen molar-refractivity contribution in [2.75, 3.05) is 18.0 Å². The Hall–Kier alpha value is -1.77. The molecule has 0 bridgehead atoms. The van der Waals surface area contributed by atoms with Gasteiger partial charge in [-0.2, -0.15) is 0 Å². The van der Waals surface area contributed by atoms with Crippen molar-refractivity contribution >= 4 is 16.7 Å². The van der Waals surface area contributed by atoms with Gasteiger partial charge in [-0.05, 0) is 50.8 Å². The van der Waals surface area contributed by atoms with Crippen LogP contribution in [0, 0.1) is 0 Å². The van der Waals surface area contributed by atoms with E-state index < -0.39 is 0 Å². The molecule has 0 aliphatic heterocycles. The lowest BCUT2D eigenvalue weighted by Gasteiger charge is -2.21. The molecule has 1 heterocycles. The van der Waals surface area contributed by atoms with E-state index in [1.807, 2.05) is 12.1 Å². The Labute approximate surface area is 125 Å². The van der Waals surface area contributed by atoms with E-state index in [9.17, 15) is 4.79 Å². The van der Waals surface area contributed by atoms with Crippen molar-refractivity contribution in [3.8, 4) is 0 Å². The number of benzene rings is 1. The molecule has 1 aromatic heterocycles. The second kappa shape index (κ2) is 5.92. The fourth-order valence-corrected chi connectivity index (χ4v) is 3.42. The smallest absolute Gasteiger partial charge is 0.339 e. The first-order chi connectivity index (χ1) is 10.2. The third-order valence-corrected chi connectivity index (χ3v) is 4.67. The Bertz CT molecular complexity index is 679. The molecule has 0 radical (unpaired) electrons. The van der Waals surface area contributed by atoms with E-state index in [0.717, 1.165) is 42.6 Å². The van der Waals surface area contributed by atoms with Crippen LogP contribution in [-0.4, -0.2) is 13.1 Å². The van der Waals surface area contributed by atoms with Crippen LogP contribution < -0.4 is 10.5 Å². The molecule has 1 fully saturated rings. The van der Waals surface area contributed by atoms with Crippen molar-refractivity contribution in [2.24, 2.45) is 0 Å². The third kappa shape index (κ3) is 2.69. The fourth-order valence-electron chi connectivity index (χ4n) is 3.42. The normalized spacial score (nSPS) is 15.7. The van der Waals surface area contributed by atoms with Crippen LogP contribution in [-0.2, 0) is 0 Å². The Morgan fingerprint density at radius 3 is 2.52 bits per heavy atom. The van der Waals surface area contributed by atoms with E-state index in [1.165, 1.54) is 12.8 Å². The van der Waals surface area contributed by atoms with Crippen LogP contribution in [0.2, 0.25) is 0 Å². The lowest BCUT2D eigenvalue weighted by Crippen LogP contribution is -2.21. The number of fused-ring (bicyclic) bond motifs is 1. The Morgan fingerprint density at radius 1 is 1.14 bits per heavy atom. The molecule has 0 N–H and O–H groups in total. The van der Waals surface area contributed by atoms with Crippen molar-refractivity contribution in [3.63, 3.8) is 0 Å². The lowest BCUT2D eigenvalue weighted by atomic mass is 9.98. The Balaban J connectivity index is 2.03. The van der Waals surface area contributed by atoms with E-state index in [2.05, 4.69) is 30.9 Å². The number of hydrogen-bond acceptors (Lipinski definition) is 3. The number of nitrogens with zero attached hydrogens (tertiary/aromatic N) is 1. The summed E-state index contributed by atoms with van der Waals surface area (Å²) in [7, 11) is 0. The van der Waals surface area contributed by atoms with Gasteiger partial charge in [0.2, 0.25) is 0 Å². The van der Waals surface area contributed by atoms with E-state index in [-0.39, 0.29) is 5.63 Å². The largest absolute Gasteiger partial charge is 0.422 e. The fraction of sp³-hybridized carbons (Fsp3) is 0.500. The molecular formula is C18H23NO2. The summed E-state index contributed by atoms with van der Waals surface area (Å²) >= 11 is 0. The average Bonchev–Trinajstić information content (AvgIpc) is 3.01. The highest BCUT2D eigenvalue weighted by molar-refractivity contribution is 5.81. The van der Waals surface area contributed by atoms with E-state index >= 15 is 0 Å². The topological polar surface area (TPSA) is 33.5 Å². The predicted octanol–water partition coefficient (Wildman–Crippen LogP) is 4.30. The number of hydrogen-bond donors (Lipinski definition) is 0. The quantitative estimate of drug-likeness (QED) is 0.785. The minimum Gasteiger partial charge on any atom is -0.422 e. The summed E-state index contributed by atoms with van der Waals surface area (Å²) in [6.45, 7) is 6.17. The van der Waals surface area contributed by atoms with Gasteiger partial charge in [0.25, 0.3) is 0 Å². The molecule has 1 saturated carbocycles. The molecule has 0 atom stereocenters. The van der Waals surface area contributed by atoms with E-state index in [0.29, 0.717) is 11.5 Å². The molecule has 1 aliphatic carbocycles. The van der Waals surface area contributed by atoms with Gasteiger partial charge in [0.15, 0.2) is 0 Å². The van der Waals surface area contributed by atoms with Crippen LogP contribution in [0.3, 0.4) is 0 Å². The first-order valence-corrected chi connectivity index (χ1v) is 8.05. The Morgan fingerprint density at radius 2 is 1.86 bits per heavy atom. The zero-order valence-electron chi connectivity index (χ0n) is 12.9. The van der Waals surface area contributed by atoms with E-state index in [4.69, 9.17) is 4.42 Å². The molecular weight excluding hydrogens is 262 g/mol. The standard InChI is InChI=1S/C18H23NO2/c1-3-19(4-2)15-10-9-14-11-16(13-7-5-6-8-13)18(20)21-17(14)12-15/h9-13H,3-8H2,1-2H3. The molecule has 112 valence electrons. The summed E-state index contributed by atoms with van der Waals surface area (Å²) < 4.78 is 5.60. The van der Waals surface area contributed by atoms with E-state index in [1.54, 1.807) is 0 Å². The summed E-state index contributed by atoms with van der Waals surface area (Å²) in [6, 6.07) is 8.23. The van der Waals surface area contributed by atoms with Gasteiger partial charge >= 0.3 is 5.63 Å². The maximum absolute atomic E-state index is 12.3. The summed E-state index contributed by atoms with van der Waals surface area (Å²) in [5, 5.41) is 1.03.